The number of methoxy groups -OCH3 is 1. The number of esters is 1. The smallest absolute Gasteiger partial charge is 0.307 e. The Bertz CT molecular complexity index is 413. The average Bonchev–Trinajstić information content (AvgIpc) is 2.31. The van der Waals surface area contributed by atoms with Gasteiger partial charge in [0.25, 0.3) is 0 Å². The van der Waals surface area contributed by atoms with E-state index in [-0.39, 0.29) is 12.4 Å². The van der Waals surface area contributed by atoms with Crippen LogP contribution in [0.25, 0.3) is 0 Å². The predicted molar refractivity (Wildman–Crippen MR) is 68.9 cm³/mol. The van der Waals surface area contributed by atoms with Gasteiger partial charge in [0, 0.05) is 13.6 Å². The van der Waals surface area contributed by atoms with Crippen LogP contribution in [0.4, 0.5) is 11.6 Å². The lowest BCUT2D eigenvalue weighted by Crippen LogP contribution is -2.11. The summed E-state index contributed by atoms with van der Waals surface area (Å²) in [6.45, 7) is 0.393. The average molecular weight is 278 g/mol. The summed E-state index contributed by atoms with van der Waals surface area (Å²) in [6.07, 6.45) is 0.242. The molecule has 17 heavy (non-hydrogen) atoms. The third-order valence-corrected chi connectivity index (χ3v) is 2.59. The molecule has 0 aliphatic rings. The van der Waals surface area contributed by atoms with Gasteiger partial charge in [-0.2, -0.15) is 0 Å². The Balaban J connectivity index is 2.67. The molecule has 0 saturated heterocycles. The van der Waals surface area contributed by atoms with Gasteiger partial charge >= 0.3 is 5.97 Å². The van der Waals surface area contributed by atoms with Crippen LogP contribution >= 0.6 is 23.2 Å². The Hall–Kier alpha value is -1.20. The van der Waals surface area contributed by atoms with Gasteiger partial charge in [0.15, 0.2) is 0 Å². The van der Waals surface area contributed by atoms with Crippen LogP contribution < -0.4 is 10.6 Å². The highest BCUT2D eigenvalue weighted by Crippen LogP contribution is 2.28. The van der Waals surface area contributed by atoms with Crippen LogP contribution in [-0.4, -0.2) is 31.7 Å². The van der Waals surface area contributed by atoms with Gasteiger partial charge < -0.3 is 15.4 Å². The van der Waals surface area contributed by atoms with Crippen LogP contribution in [-0.2, 0) is 9.53 Å². The first-order valence-corrected chi connectivity index (χ1v) is 5.68. The van der Waals surface area contributed by atoms with Crippen molar-refractivity contribution in [1.82, 2.24) is 4.98 Å². The molecule has 0 bridgehead atoms. The molecular formula is C10H13Cl2N3O2. The number of rotatable bonds is 5. The minimum atomic E-state index is -0.295. The molecule has 0 radical (unpaired) electrons. The van der Waals surface area contributed by atoms with Crippen molar-refractivity contribution in [3.05, 3.63) is 16.1 Å². The molecule has 7 heteroatoms. The number of pyridine rings is 1. The molecule has 1 aromatic rings. The molecular weight excluding hydrogens is 265 g/mol. The maximum atomic E-state index is 10.9. The second kappa shape index (κ2) is 6.51. The SMILES string of the molecule is CNc1nc(NCCC(=O)OC)c(Cl)cc1Cl. The third kappa shape index (κ3) is 3.94. The Morgan fingerprint density at radius 1 is 1.41 bits per heavy atom. The Labute approximate surface area is 109 Å². The van der Waals surface area contributed by atoms with Gasteiger partial charge in [-0.15, -0.1) is 0 Å². The first-order chi connectivity index (χ1) is 8.08. The Morgan fingerprint density at radius 3 is 2.65 bits per heavy atom. The molecule has 0 unspecified atom stereocenters. The van der Waals surface area contributed by atoms with Crippen LogP contribution in [0.5, 0.6) is 0 Å². The van der Waals surface area contributed by atoms with E-state index in [9.17, 15) is 4.79 Å². The highest BCUT2D eigenvalue weighted by molar-refractivity contribution is 6.37. The number of hydrogen-bond acceptors (Lipinski definition) is 5. The van der Waals surface area contributed by atoms with E-state index >= 15 is 0 Å². The van der Waals surface area contributed by atoms with E-state index < -0.39 is 0 Å². The number of halogens is 2. The van der Waals surface area contributed by atoms with Gasteiger partial charge in [-0.05, 0) is 6.07 Å². The molecule has 0 spiro atoms. The van der Waals surface area contributed by atoms with Gasteiger partial charge in [-0.25, -0.2) is 4.98 Å². The van der Waals surface area contributed by atoms with E-state index in [2.05, 4.69) is 20.4 Å². The first kappa shape index (κ1) is 13.9. The lowest BCUT2D eigenvalue weighted by atomic mass is 10.4. The van der Waals surface area contributed by atoms with Crippen molar-refractivity contribution in [3.8, 4) is 0 Å². The summed E-state index contributed by atoms with van der Waals surface area (Å²) in [6, 6.07) is 1.59. The molecule has 0 amide bonds. The van der Waals surface area contributed by atoms with E-state index in [0.717, 1.165) is 0 Å². The molecule has 0 atom stereocenters. The van der Waals surface area contributed by atoms with Crippen LogP contribution in [0.3, 0.4) is 0 Å². The summed E-state index contributed by atoms with van der Waals surface area (Å²) in [4.78, 5) is 15.1. The molecule has 0 aliphatic carbocycles. The van der Waals surface area contributed by atoms with Crippen molar-refractivity contribution in [3.63, 3.8) is 0 Å². The fourth-order valence-corrected chi connectivity index (χ4v) is 1.67. The zero-order valence-corrected chi connectivity index (χ0v) is 11.0. The lowest BCUT2D eigenvalue weighted by Gasteiger charge is -2.10. The highest BCUT2D eigenvalue weighted by Gasteiger charge is 2.08. The monoisotopic (exact) mass is 277 g/mol. The van der Waals surface area contributed by atoms with Crippen molar-refractivity contribution in [1.29, 1.82) is 0 Å². The fraction of sp³-hybridized carbons (Fsp3) is 0.400. The second-order valence-corrected chi connectivity index (χ2v) is 3.97. The molecule has 0 aliphatic heterocycles. The highest BCUT2D eigenvalue weighted by atomic mass is 35.5. The first-order valence-electron chi connectivity index (χ1n) is 4.93. The Kier molecular flexibility index (Phi) is 5.31. The molecule has 0 aromatic carbocycles. The summed E-state index contributed by atoms with van der Waals surface area (Å²) < 4.78 is 4.52. The van der Waals surface area contributed by atoms with Gasteiger partial charge in [0.05, 0.1) is 23.6 Å². The standard InChI is InChI=1S/C10H13Cl2N3O2/c1-13-9-6(11)5-7(12)10(15-9)14-4-3-8(16)17-2/h5H,3-4H2,1-2H3,(H2,13,14,15). The summed E-state index contributed by atoms with van der Waals surface area (Å²) in [7, 11) is 3.05. The van der Waals surface area contributed by atoms with E-state index in [1.54, 1.807) is 13.1 Å². The van der Waals surface area contributed by atoms with Gasteiger partial charge in [0.2, 0.25) is 0 Å². The van der Waals surface area contributed by atoms with Crippen LogP contribution in [0.2, 0.25) is 10.0 Å². The van der Waals surface area contributed by atoms with E-state index in [1.165, 1.54) is 7.11 Å². The predicted octanol–water partition coefficient (Wildman–Crippen LogP) is 2.41. The van der Waals surface area contributed by atoms with E-state index in [4.69, 9.17) is 23.2 Å². The molecule has 1 aromatic heterocycles. The van der Waals surface area contributed by atoms with Crippen molar-refractivity contribution >= 4 is 40.8 Å². The quantitative estimate of drug-likeness (QED) is 0.810. The summed E-state index contributed by atoms with van der Waals surface area (Å²) in [5, 5.41) is 6.62. The fourth-order valence-electron chi connectivity index (χ4n) is 1.15. The third-order valence-electron chi connectivity index (χ3n) is 2.02. The van der Waals surface area contributed by atoms with Crippen molar-refractivity contribution in [2.45, 2.75) is 6.42 Å². The van der Waals surface area contributed by atoms with Gasteiger partial charge in [0.1, 0.15) is 11.6 Å². The number of aromatic nitrogens is 1. The maximum Gasteiger partial charge on any atom is 0.307 e. The molecule has 5 nitrogen and oxygen atoms in total. The topological polar surface area (TPSA) is 63.2 Å². The second-order valence-electron chi connectivity index (χ2n) is 3.15. The number of carbonyl (C=O) groups excluding carboxylic acids is 1. The summed E-state index contributed by atoms with van der Waals surface area (Å²) >= 11 is 11.9. The number of carbonyl (C=O) groups is 1. The maximum absolute atomic E-state index is 10.9. The number of nitrogens with one attached hydrogen (secondary N) is 2. The largest absolute Gasteiger partial charge is 0.469 e. The summed E-state index contributed by atoms with van der Waals surface area (Å²) in [5.41, 5.74) is 0. The Morgan fingerprint density at radius 2 is 2.06 bits per heavy atom. The molecule has 1 heterocycles. The van der Waals surface area contributed by atoms with Crippen molar-refractivity contribution in [2.24, 2.45) is 0 Å². The number of hydrogen-bond donors (Lipinski definition) is 2. The zero-order chi connectivity index (χ0) is 12.8. The van der Waals surface area contributed by atoms with Crippen LogP contribution in [0, 0.1) is 0 Å². The van der Waals surface area contributed by atoms with Crippen molar-refractivity contribution in [2.75, 3.05) is 31.3 Å². The van der Waals surface area contributed by atoms with Crippen LogP contribution in [0.15, 0.2) is 6.07 Å². The lowest BCUT2D eigenvalue weighted by molar-refractivity contribution is -0.140. The molecule has 0 fully saturated rings. The number of anilines is 2. The summed E-state index contributed by atoms with van der Waals surface area (Å²) in [5.74, 6) is 0.706. The number of ether oxygens (including phenoxy) is 1. The van der Waals surface area contributed by atoms with Crippen LogP contribution in [0.1, 0.15) is 6.42 Å². The minimum Gasteiger partial charge on any atom is -0.469 e. The molecule has 0 saturated carbocycles. The normalized spacial score (nSPS) is 9.88. The molecule has 1 rings (SSSR count). The zero-order valence-electron chi connectivity index (χ0n) is 9.51. The van der Waals surface area contributed by atoms with E-state index in [1.807, 2.05) is 0 Å². The minimum absolute atomic E-state index is 0.242. The molecule has 94 valence electrons. The van der Waals surface area contributed by atoms with Gasteiger partial charge in [-0.1, -0.05) is 23.2 Å². The van der Waals surface area contributed by atoms with Crippen molar-refractivity contribution < 1.29 is 9.53 Å². The molecule has 2 N–H and O–H groups in total. The van der Waals surface area contributed by atoms with E-state index in [0.29, 0.717) is 28.2 Å². The number of nitrogens with zero attached hydrogens (tertiary/aromatic N) is 1. The van der Waals surface area contributed by atoms with Gasteiger partial charge in [-0.3, -0.25) is 4.79 Å².